The number of terminal acetylenes is 1. The first-order valence-electron chi connectivity index (χ1n) is 7.16. The van der Waals surface area contributed by atoms with E-state index >= 15 is 0 Å². The van der Waals surface area contributed by atoms with Crippen molar-refractivity contribution < 1.29 is 13.9 Å². The van der Waals surface area contributed by atoms with Gasteiger partial charge in [-0.2, -0.15) is 0 Å². The van der Waals surface area contributed by atoms with Crippen LogP contribution in [0, 0.1) is 18.2 Å². The second-order valence-corrected chi connectivity index (χ2v) is 5.43. The van der Waals surface area contributed by atoms with Crippen LogP contribution in [0.1, 0.15) is 12.0 Å². The Labute approximate surface area is 136 Å². The number of nitrogens with one attached hydrogen (secondary N) is 1. The Hall–Kier alpha value is -1.48. The molecule has 2 atom stereocenters. The van der Waals surface area contributed by atoms with Crippen molar-refractivity contribution in [2.45, 2.75) is 18.6 Å². The van der Waals surface area contributed by atoms with Crippen molar-refractivity contribution in [3.8, 4) is 18.1 Å². The molecule has 6 heteroatoms. The molecular weight excluding hydrogens is 307 g/mol. The number of methoxy groups -OCH3 is 1. The van der Waals surface area contributed by atoms with Gasteiger partial charge < -0.3 is 19.7 Å². The molecule has 0 amide bonds. The summed E-state index contributed by atoms with van der Waals surface area (Å²) in [6.45, 7) is 3.02. The molecule has 0 aliphatic carbocycles. The Kier molecular flexibility index (Phi) is 5.52. The lowest BCUT2D eigenvalue weighted by molar-refractivity contribution is 0.0743. The van der Waals surface area contributed by atoms with Gasteiger partial charge in [0.15, 0.2) is 5.75 Å². The number of ether oxygens (including phenoxy) is 2. The molecule has 22 heavy (non-hydrogen) atoms. The van der Waals surface area contributed by atoms with E-state index in [0.717, 1.165) is 31.7 Å². The van der Waals surface area contributed by atoms with Crippen molar-refractivity contribution in [2.75, 3.05) is 38.3 Å². The van der Waals surface area contributed by atoms with Crippen molar-refractivity contribution in [1.29, 1.82) is 0 Å². The molecular formula is C16H20ClFN2O2. The highest BCUT2D eigenvalue weighted by Gasteiger charge is 2.33. The van der Waals surface area contributed by atoms with E-state index in [2.05, 4.69) is 16.1 Å². The maximum Gasteiger partial charge on any atom is 0.158 e. The van der Waals surface area contributed by atoms with Crippen molar-refractivity contribution in [1.82, 2.24) is 5.32 Å². The third kappa shape index (κ3) is 3.14. The van der Waals surface area contributed by atoms with Crippen LogP contribution in [-0.2, 0) is 4.74 Å². The third-order valence-corrected chi connectivity index (χ3v) is 4.02. The molecule has 2 heterocycles. The number of hydrogen-bond donors (Lipinski definition) is 1. The molecule has 2 aliphatic heterocycles. The van der Waals surface area contributed by atoms with Gasteiger partial charge in [0.05, 0.1) is 17.9 Å². The van der Waals surface area contributed by atoms with E-state index < -0.39 is 0 Å². The average Bonchev–Trinajstić information content (AvgIpc) is 2.64. The fourth-order valence-corrected chi connectivity index (χ4v) is 3.12. The summed E-state index contributed by atoms with van der Waals surface area (Å²) in [5.41, 5.74) is 1.22. The molecule has 1 saturated heterocycles. The van der Waals surface area contributed by atoms with Crippen LogP contribution in [0.3, 0.4) is 0 Å². The lowest BCUT2D eigenvalue weighted by atomic mass is 10.1. The van der Waals surface area contributed by atoms with Gasteiger partial charge in [-0.05, 0) is 6.07 Å². The van der Waals surface area contributed by atoms with Crippen LogP contribution in [0.4, 0.5) is 10.1 Å². The molecule has 1 fully saturated rings. The third-order valence-electron chi connectivity index (χ3n) is 4.02. The smallest absolute Gasteiger partial charge is 0.158 e. The second-order valence-electron chi connectivity index (χ2n) is 5.43. The van der Waals surface area contributed by atoms with Crippen LogP contribution in [0.5, 0.6) is 5.75 Å². The van der Waals surface area contributed by atoms with Crippen LogP contribution in [0.25, 0.3) is 0 Å². The van der Waals surface area contributed by atoms with Crippen molar-refractivity contribution in [2.24, 2.45) is 0 Å². The van der Waals surface area contributed by atoms with Crippen LogP contribution >= 0.6 is 12.4 Å². The van der Waals surface area contributed by atoms with Gasteiger partial charge in [-0.25, -0.2) is 4.39 Å². The van der Waals surface area contributed by atoms with Gasteiger partial charge >= 0.3 is 0 Å². The summed E-state index contributed by atoms with van der Waals surface area (Å²) in [5, 5.41) is 3.38. The number of halogens is 2. The van der Waals surface area contributed by atoms with E-state index in [1.54, 1.807) is 7.11 Å². The molecule has 120 valence electrons. The summed E-state index contributed by atoms with van der Waals surface area (Å²) < 4.78 is 25.2. The Morgan fingerprint density at radius 3 is 3.09 bits per heavy atom. The highest BCUT2D eigenvalue weighted by molar-refractivity contribution is 5.85. The number of hydrogen-bond acceptors (Lipinski definition) is 4. The van der Waals surface area contributed by atoms with E-state index in [1.165, 1.54) is 12.1 Å². The maximum atomic E-state index is 13.9. The SMILES string of the molecule is C#Cc1cc(F)cc2c1O[C@H](COC)C[C@@H]1CNCCN21.Cl. The Balaban J connectivity index is 0.00000176. The minimum absolute atomic E-state index is 0. The first-order chi connectivity index (χ1) is 10.2. The molecule has 0 spiro atoms. The molecule has 1 aromatic rings. The highest BCUT2D eigenvalue weighted by Crippen LogP contribution is 2.39. The summed E-state index contributed by atoms with van der Waals surface area (Å²) in [6, 6.07) is 3.13. The molecule has 1 aromatic carbocycles. The van der Waals surface area contributed by atoms with E-state index in [-0.39, 0.29) is 30.4 Å². The summed E-state index contributed by atoms with van der Waals surface area (Å²) in [4.78, 5) is 2.20. The lowest BCUT2D eigenvalue weighted by Gasteiger charge is -2.37. The largest absolute Gasteiger partial charge is 0.484 e. The highest BCUT2D eigenvalue weighted by atomic mass is 35.5. The van der Waals surface area contributed by atoms with Gasteiger partial charge in [0.1, 0.15) is 11.9 Å². The second kappa shape index (κ2) is 7.19. The molecule has 0 aromatic heterocycles. The fourth-order valence-electron chi connectivity index (χ4n) is 3.12. The molecule has 1 N–H and O–H groups in total. The van der Waals surface area contributed by atoms with Gasteiger partial charge in [-0.3, -0.25) is 0 Å². The summed E-state index contributed by atoms with van der Waals surface area (Å²) >= 11 is 0. The van der Waals surface area contributed by atoms with Gasteiger partial charge in [0, 0.05) is 45.3 Å². The van der Waals surface area contributed by atoms with Gasteiger partial charge in [-0.15, -0.1) is 18.8 Å². The topological polar surface area (TPSA) is 33.7 Å². The zero-order valence-electron chi connectivity index (χ0n) is 12.5. The Morgan fingerprint density at radius 2 is 2.36 bits per heavy atom. The van der Waals surface area contributed by atoms with E-state index in [4.69, 9.17) is 15.9 Å². The van der Waals surface area contributed by atoms with Crippen LogP contribution in [0.2, 0.25) is 0 Å². The molecule has 0 radical (unpaired) electrons. The first-order valence-corrected chi connectivity index (χ1v) is 7.16. The van der Waals surface area contributed by atoms with Crippen molar-refractivity contribution in [3.05, 3.63) is 23.5 Å². The van der Waals surface area contributed by atoms with Crippen LogP contribution in [0.15, 0.2) is 12.1 Å². The molecule has 4 nitrogen and oxygen atoms in total. The average molecular weight is 327 g/mol. The first kappa shape index (κ1) is 16.9. The molecule has 3 rings (SSSR count). The standard InChI is InChI=1S/C16H19FN2O2.ClH/c1-3-11-6-12(17)7-15-16(11)21-14(10-20-2)8-13-9-18-4-5-19(13)15;/h1,6-7,13-14,18H,4-5,8-10H2,2H3;1H/t13-,14+;/m1./s1. The molecule has 0 bridgehead atoms. The molecule has 0 unspecified atom stereocenters. The van der Waals surface area contributed by atoms with Gasteiger partial charge in [0.25, 0.3) is 0 Å². The lowest BCUT2D eigenvalue weighted by Crippen LogP contribution is -2.52. The minimum atomic E-state index is -0.326. The quantitative estimate of drug-likeness (QED) is 0.840. The predicted octanol–water partition coefficient (Wildman–Crippen LogP) is 1.80. The number of piperazine rings is 1. The van der Waals surface area contributed by atoms with Gasteiger partial charge in [0.2, 0.25) is 0 Å². The van der Waals surface area contributed by atoms with Crippen molar-refractivity contribution in [3.63, 3.8) is 0 Å². The van der Waals surface area contributed by atoms with E-state index in [9.17, 15) is 4.39 Å². The number of nitrogens with zero attached hydrogens (tertiary/aromatic N) is 1. The molecule has 0 saturated carbocycles. The van der Waals surface area contributed by atoms with Crippen LogP contribution in [-0.4, -0.2) is 45.5 Å². The van der Waals surface area contributed by atoms with Gasteiger partial charge in [-0.1, -0.05) is 5.92 Å². The van der Waals surface area contributed by atoms with Crippen molar-refractivity contribution >= 4 is 18.1 Å². The van der Waals surface area contributed by atoms with E-state index in [0.29, 0.717) is 17.9 Å². The summed E-state index contributed by atoms with van der Waals surface area (Å²) in [6.07, 6.45) is 6.26. The van der Waals surface area contributed by atoms with Crippen LogP contribution < -0.4 is 15.0 Å². The number of fused-ring (bicyclic) bond motifs is 3. The summed E-state index contributed by atoms with van der Waals surface area (Å²) in [7, 11) is 1.65. The number of rotatable bonds is 2. The minimum Gasteiger partial charge on any atom is -0.484 e. The number of benzene rings is 1. The van der Waals surface area contributed by atoms with E-state index in [1.807, 2.05) is 0 Å². The molecule has 2 aliphatic rings. The fraction of sp³-hybridized carbons (Fsp3) is 0.500. The zero-order valence-corrected chi connectivity index (χ0v) is 13.3. The monoisotopic (exact) mass is 326 g/mol. The summed E-state index contributed by atoms with van der Waals surface area (Å²) in [5.74, 6) is 2.81. The predicted molar refractivity (Wildman–Crippen MR) is 86.5 cm³/mol. The zero-order chi connectivity index (χ0) is 14.8. The Bertz CT molecular complexity index is 576. The Morgan fingerprint density at radius 1 is 1.55 bits per heavy atom. The number of anilines is 1. The maximum absolute atomic E-state index is 13.9. The normalized spacial score (nSPS) is 23.2.